The van der Waals surface area contributed by atoms with Gasteiger partial charge in [0.2, 0.25) is 0 Å². The van der Waals surface area contributed by atoms with Gasteiger partial charge in [-0.25, -0.2) is 5.32 Å². The molecule has 0 unspecified atom stereocenters. The monoisotopic (exact) mass is 229 g/mol. The van der Waals surface area contributed by atoms with Crippen molar-refractivity contribution < 1.29 is 9.59 Å². The third-order valence-electron chi connectivity index (χ3n) is 2.65. The van der Waals surface area contributed by atoms with Crippen LogP contribution in [0.5, 0.6) is 0 Å². The molecule has 1 heterocycles. The normalized spacial score (nSPS) is 15.6. The number of carbonyl (C=O) groups is 2. The fourth-order valence-electron chi connectivity index (χ4n) is 1.87. The zero-order chi connectivity index (χ0) is 12.3. The van der Waals surface area contributed by atoms with Gasteiger partial charge in [-0.3, -0.25) is 9.59 Å². The number of carbonyl (C=O) groups excluding carboxylic acids is 2. The molecule has 2 amide bonds. The summed E-state index contributed by atoms with van der Waals surface area (Å²) in [6, 6.07) is 7.53. The van der Waals surface area contributed by atoms with Crippen LogP contribution in [0.15, 0.2) is 36.9 Å². The number of para-hydroxylation sites is 1. The largest absolute Gasteiger partial charge is 0.331 e. The summed E-state index contributed by atoms with van der Waals surface area (Å²) in [5, 5.41) is 3.61. The van der Waals surface area contributed by atoms with Crippen LogP contribution in [0.3, 0.4) is 0 Å². The third kappa shape index (κ3) is 2.20. The Morgan fingerprint density at radius 1 is 1.35 bits per heavy atom. The van der Waals surface area contributed by atoms with Crippen molar-refractivity contribution in [3.05, 3.63) is 42.5 Å². The smallest absolute Gasteiger partial charge is 0.302 e. The van der Waals surface area contributed by atoms with Gasteiger partial charge in [-0.2, -0.15) is 0 Å². The van der Waals surface area contributed by atoms with Crippen LogP contribution in [0.4, 0.5) is 5.69 Å². The fourth-order valence-corrected chi connectivity index (χ4v) is 1.87. The quantitative estimate of drug-likeness (QED) is 0.571. The summed E-state index contributed by atoms with van der Waals surface area (Å²) in [6.45, 7) is 4.51. The molecule has 87 valence electrons. The minimum absolute atomic E-state index is 0.368. The molecule has 17 heavy (non-hydrogen) atoms. The summed E-state index contributed by atoms with van der Waals surface area (Å²) in [6.07, 6.45) is 2.45. The maximum Gasteiger partial charge on any atom is 0.331 e. The highest BCUT2D eigenvalue weighted by Crippen LogP contribution is 2.22. The number of amides is 2. The Labute approximate surface area is 99.9 Å². The molecule has 1 aliphatic rings. The van der Waals surface area contributed by atoms with Gasteiger partial charge in [-0.05, 0) is 18.1 Å². The van der Waals surface area contributed by atoms with Gasteiger partial charge in [-0.1, -0.05) is 24.3 Å². The Bertz CT molecular complexity index is 468. The number of hydrogen-bond donors (Lipinski definition) is 0. The Morgan fingerprint density at radius 3 is 2.88 bits per heavy atom. The molecule has 4 heteroatoms. The summed E-state index contributed by atoms with van der Waals surface area (Å²) in [4.78, 5) is 24.5. The minimum Gasteiger partial charge on any atom is -0.302 e. The van der Waals surface area contributed by atoms with Crippen LogP contribution in [-0.2, 0) is 16.0 Å². The molecule has 1 saturated heterocycles. The SMILES string of the molecule is C=CCc1ccccc1N1CC[N]C(=O)C1=O. The first kappa shape index (κ1) is 11.4. The Kier molecular flexibility index (Phi) is 3.23. The van der Waals surface area contributed by atoms with E-state index in [4.69, 9.17) is 0 Å². The molecule has 0 atom stereocenters. The number of rotatable bonds is 3. The summed E-state index contributed by atoms with van der Waals surface area (Å²) in [7, 11) is 0. The number of allylic oxidation sites excluding steroid dienone is 1. The van der Waals surface area contributed by atoms with E-state index in [1.807, 2.05) is 24.3 Å². The zero-order valence-electron chi connectivity index (χ0n) is 9.43. The van der Waals surface area contributed by atoms with Gasteiger partial charge in [0, 0.05) is 12.2 Å². The Balaban J connectivity index is 2.35. The molecule has 1 aromatic rings. The molecule has 2 rings (SSSR count). The molecule has 1 aliphatic heterocycles. The highest BCUT2D eigenvalue weighted by Gasteiger charge is 2.29. The van der Waals surface area contributed by atoms with Crippen LogP contribution in [0, 0.1) is 0 Å². The topological polar surface area (TPSA) is 51.5 Å². The molecule has 0 saturated carbocycles. The summed E-state index contributed by atoms with van der Waals surface area (Å²) < 4.78 is 0. The number of piperazine rings is 1. The summed E-state index contributed by atoms with van der Waals surface area (Å²) in [5.74, 6) is -1.21. The lowest BCUT2D eigenvalue weighted by atomic mass is 10.1. The maximum atomic E-state index is 11.7. The van der Waals surface area contributed by atoms with E-state index in [2.05, 4.69) is 11.9 Å². The van der Waals surface area contributed by atoms with E-state index in [1.165, 1.54) is 4.90 Å². The number of benzene rings is 1. The first-order valence-electron chi connectivity index (χ1n) is 5.46. The molecular formula is C13H13N2O2. The molecule has 1 radical (unpaired) electrons. The molecule has 0 N–H and O–H groups in total. The Hall–Kier alpha value is -2.10. The first-order chi connectivity index (χ1) is 8.24. The minimum atomic E-state index is -0.662. The van der Waals surface area contributed by atoms with E-state index >= 15 is 0 Å². The second kappa shape index (κ2) is 4.82. The van der Waals surface area contributed by atoms with E-state index in [1.54, 1.807) is 6.08 Å². The number of nitrogens with zero attached hydrogens (tertiary/aromatic N) is 2. The summed E-state index contributed by atoms with van der Waals surface area (Å²) >= 11 is 0. The van der Waals surface area contributed by atoms with E-state index in [9.17, 15) is 9.59 Å². The molecule has 0 spiro atoms. The molecule has 0 aliphatic carbocycles. The van der Waals surface area contributed by atoms with Gasteiger partial charge in [0.05, 0.1) is 6.54 Å². The number of hydrogen-bond acceptors (Lipinski definition) is 2. The first-order valence-corrected chi connectivity index (χ1v) is 5.46. The lowest BCUT2D eigenvalue weighted by Gasteiger charge is -2.27. The highest BCUT2D eigenvalue weighted by molar-refractivity contribution is 6.41. The maximum absolute atomic E-state index is 11.7. The predicted octanol–water partition coefficient (Wildman–Crippen LogP) is 0.893. The van der Waals surface area contributed by atoms with Crippen molar-refractivity contribution in [3.8, 4) is 0 Å². The average Bonchev–Trinajstić information content (AvgIpc) is 2.34. The molecule has 1 aromatic carbocycles. The molecule has 0 aromatic heterocycles. The Morgan fingerprint density at radius 2 is 2.12 bits per heavy atom. The van der Waals surface area contributed by atoms with E-state index in [-0.39, 0.29) is 0 Å². The van der Waals surface area contributed by atoms with Crippen LogP contribution in [0.25, 0.3) is 0 Å². The van der Waals surface area contributed by atoms with Crippen molar-refractivity contribution in [2.45, 2.75) is 6.42 Å². The standard InChI is InChI=1S/C13H13N2O2/c1-2-5-10-6-3-4-7-11(10)15-9-8-14-12(16)13(15)17/h2-4,6-7H,1,5,8-9H2. The van der Waals surface area contributed by atoms with Crippen molar-refractivity contribution in [3.63, 3.8) is 0 Å². The van der Waals surface area contributed by atoms with Crippen molar-refractivity contribution >= 4 is 17.5 Å². The van der Waals surface area contributed by atoms with Gasteiger partial charge in [0.15, 0.2) is 0 Å². The predicted molar refractivity (Wildman–Crippen MR) is 64.7 cm³/mol. The molecule has 0 bridgehead atoms. The van der Waals surface area contributed by atoms with Gasteiger partial charge in [0.25, 0.3) is 0 Å². The lowest BCUT2D eigenvalue weighted by molar-refractivity contribution is -0.138. The van der Waals surface area contributed by atoms with Crippen molar-refractivity contribution in [2.75, 3.05) is 18.0 Å². The molecule has 4 nitrogen and oxygen atoms in total. The second-order valence-electron chi connectivity index (χ2n) is 3.77. The van der Waals surface area contributed by atoms with E-state index in [0.29, 0.717) is 19.5 Å². The third-order valence-corrected chi connectivity index (χ3v) is 2.65. The molecule has 1 fully saturated rings. The van der Waals surface area contributed by atoms with Crippen LogP contribution < -0.4 is 10.2 Å². The fraction of sp³-hybridized carbons (Fsp3) is 0.231. The highest BCUT2D eigenvalue weighted by atomic mass is 16.2. The lowest BCUT2D eigenvalue weighted by Crippen LogP contribution is -2.49. The van der Waals surface area contributed by atoms with Gasteiger partial charge < -0.3 is 4.90 Å². The van der Waals surface area contributed by atoms with Crippen LogP contribution in [-0.4, -0.2) is 24.9 Å². The van der Waals surface area contributed by atoms with Crippen molar-refractivity contribution in [1.82, 2.24) is 5.32 Å². The van der Waals surface area contributed by atoms with Gasteiger partial charge in [0.1, 0.15) is 0 Å². The number of anilines is 1. The van der Waals surface area contributed by atoms with Crippen molar-refractivity contribution in [1.29, 1.82) is 0 Å². The summed E-state index contributed by atoms with van der Waals surface area (Å²) in [5.41, 5.74) is 1.77. The van der Waals surface area contributed by atoms with Crippen LogP contribution in [0.2, 0.25) is 0 Å². The van der Waals surface area contributed by atoms with Gasteiger partial charge in [-0.15, -0.1) is 6.58 Å². The van der Waals surface area contributed by atoms with Crippen LogP contribution in [0.1, 0.15) is 5.56 Å². The van der Waals surface area contributed by atoms with Crippen molar-refractivity contribution in [2.24, 2.45) is 0 Å². The zero-order valence-corrected chi connectivity index (χ0v) is 9.43. The second-order valence-corrected chi connectivity index (χ2v) is 3.77. The average molecular weight is 229 g/mol. The van der Waals surface area contributed by atoms with Gasteiger partial charge >= 0.3 is 11.8 Å². The van der Waals surface area contributed by atoms with E-state index in [0.717, 1.165) is 11.3 Å². The van der Waals surface area contributed by atoms with E-state index < -0.39 is 11.8 Å². The molecular weight excluding hydrogens is 216 g/mol. The van der Waals surface area contributed by atoms with Crippen LogP contribution >= 0.6 is 0 Å².